The van der Waals surface area contributed by atoms with Gasteiger partial charge in [-0.1, -0.05) is 13.0 Å². The first-order valence-corrected chi connectivity index (χ1v) is 8.08. The molecule has 4 nitrogen and oxygen atoms in total. The van der Waals surface area contributed by atoms with E-state index < -0.39 is 0 Å². The van der Waals surface area contributed by atoms with Gasteiger partial charge in [-0.05, 0) is 44.9 Å². The van der Waals surface area contributed by atoms with E-state index in [1.54, 1.807) is 0 Å². The Morgan fingerprint density at radius 1 is 1.32 bits per heavy atom. The number of carbonyl (C=O) groups is 1. The van der Waals surface area contributed by atoms with E-state index in [-0.39, 0.29) is 5.91 Å². The minimum absolute atomic E-state index is 0.250. The molecule has 0 atom stereocenters. The van der Waals surface area contributed by atoms with Crippen LogP contribution in [0.1, 0.15) is 39.2 Å². The normalized spacial score (nSPS) is 11.1. The van der Waals surface area contributed by atoms with Crippen LogP contribution in [0.2, 0.25) is 0 Å². The highest BCUT2D eigenvalue weighted by Crippen LogP contribution is 2.28. The minimum atomic E-state index is -0.250. The number of nitrogens with zero attached hydrogens (tertiary/aromatic N) is 1. The van der Waals surface area contributed by atoms with Crippen LogP contribution in [-0.4, -0.2) is 10.9 Å². The van der Waals surface area contributed by atoms with Gasteiger partial charge in [0.1, 0.15) is 5.58 Å². The Bertz CT molecular complexity index is 842. The highest BCUT2D eigenvalue weighted by Gasteiger charge is 2.19. The molecule has 2 aromatic heterocycles. The Kier molecular flexibility index (Phi) is 3.74. The zero-order valence-electron chi connectivity index (χ0n) is 13.1. The summed E-state index contributed by atoms with van der Waals surface area (Å²) in [5.74, 6) is 0.106. The van der Waals surface area contributed by atoms with Crippen LogP contribution in [0.5, 0.6) is 0 Å². The number of benzene rings is 1. The number of hydrogen-bond donors (Lipinski definition) is 1. The number of carbonyl (C=O) groups excluding carboxylic acids is 1. The fraction of sp³-hybridized carbons (Fsp3) is 0.294. The van der Waals surface area contributed by atoms with Gasteiger partial charge < -0.3 is 4.42 Å². The van der Waals surface area contributed by atoms with E-state index in [1.807, 2.05) is 32.9 Å². The van der Waals surface area contributed by atoms with E-state index in [1.165, 1.54) is 16.9 Å². The first-order valence-electron chi connectivity index (χ1n) is 7.27. The van der Waals surface area contributed by atoms with Crippen molar-refractivity contribution in [3.05, 3.63) is 45.7 Å². The fourth-order valence-corrected chi connectivity index (χ4v) is 3.19. The predicted octanol–water partition coefficient (Wildman–Crippen LogP) is 4.63. The topological polar surface area (TPSA) is 55.1 Å². The Labute approximate surface area is 133 Å². The molecule has 2 heterocycles. The van der Waals surface area contributed by atoms with Gasteiger partial charge in [0.25, 0.3) is 5.91 Å². The van der Waals surface area contributed by atoms with Crippen molar-refractivity contribution in [2.75, 3.05) is 5.32 Å². The van der Waals surface area contributed by atoms with Crippen LogP contribution in [0.4, 0.5) is 5.13 Å². The summed E-state index contributed by atoms with van der Waals surface area (Å²) in [4.78, 5) is 17.9. The van der Waals surface area contributed by atoms with Gasteiger partial charge in [0, 0.05) is 15.8 Å². The number of aromatic nitrogens is 1. The first-order chi connectivity index (χ1) is 10.5. The number of furan rings is 1. The third-order valence-electron chi connectivity index (χ3n) is 3.86. The molecule has 0 saturated carbocycles. The molecule has 0 spiro atoms. The Balaban J connectivity index is 1.95. The second-order valence-corrected chi connectivity index (χ2v) is 6.56. The van der Waals surface area contributed by atoms with Crippen molar-refractivity contribution in [3.63, 3.8) is 0 Å². The maximum Gasteiger partial charge on any atom is 0.293 e. The third-order valence-corrected chi connectivity index (χ3v) is 4.85. The molecule has 0 radical (unpaired) electrons. The van der Waals surface area contributed by atoms with Gasteiger partial charge in [-0.2, -0.15) is 0 Å². The summed E-state index contributed by atoms with van der Waals surface area (Å²) in [5.41, 5.74) is 3.78. The van der Waals surface area contributed by atoms with E-state index in [0.29, 0.717) is 10.9 Å². The van der Waals surface area contributed by atoms with Crippen LogP contribution in [0, 0.1) is 20.8 Å². The number of rotatable bonds is 3. The zero-order chi connectivity index (χ0) is 15.9. The molecule has 22 heavy (non-hydrogen) atoms. The molecule has 0 aliphatic carbocycles. The number of hydrogen-bond acceptors (Lipinski definition) is 4. The van der Waals surface area contributed by atoms with E-state index in [2.05, 4.69) is 23.3 Å². The summed E-state index contributed by atoms with van der Waals surface area (Å²) in [5, 5.41) is 4.43. The maximum absolute atomic E-state index is 12.4. The quantitative estimate of drug-likeness (QED) is 0.767. The van der Waals surface area contributed by atoms with Gasteiger partial charge in [-0.25, -0.2) is 4.98 Å². The molecule has 0 aliphatic rings. The second-order valence-electron chi connectivity index (χ2n) is 5.35. The lowest BCUT2D eigenvalue weighted by molar-refractivity contribution is 0.0998. The lowest BCUT2D eigenvalue weighted by Crippen LogP contribution is -2.11. The average Bonchev–Trinajstić information content (AvgIpc) is 2.99. The fourth-order valence-electron chi connectivity index (χ4n) is 2.38. The van der Waals surface area contributed by atoms with Crippen molar-refractivity contribution in [1.82, 2.24) is 4.98 Å². The summed E-state index contributed by atoms with van der Waals surface area (Å²) >= 11 is 1.47. The molecule has 3 rings (SSSR count). The minimum Gasteiger partial charge on any atom is -0.451 e. The standard InChI is InChI=1S/C17H18N2O2S/c1-5-12-6-7-14-13(8-12)9(2)15(21-14)16(20)19-17-18-10(3)11(4)22-17/h6-8H,5H2,1-4H3,(H,18,19,20). The lowest BCUT2D eigenvalue weighted by atomic mass is 10.1. The van der Waals surface area contributed by atoms with Crippen LogP contribution in [0.3, 0.4) is 0 Å². The zero-order valence-corrected chi connectivity index (χ0v) is 13.9. The van der Waals surface area contributed by atoms with E-state index in [0.717, 1.165) is 33.5 Å². The molecular weight excluding hydrogens is 296 g/mol. The number of aryl methyl sites for hydroxylation is 4. The molecule has 3 aromatic rings. The van der Waals surface area contributed by atoms with E-state index in [4.69, 9.17) is 4.42 Å². The Morgan fingerprint density at radius 3 is 2.73 bits per heavy atom. The summed E-state index contributed by atoms with van der Waals surface area (Å²) in [6.45, 7) is 7.94. The SMILES string of the molecule is CCc1ccc2oc(C(=O)Nc3nc(C)c(C)s3)c(C)c2c1. The molecule has 0 unspecified atom stereocenters. The van der Waals surface area contributed by atoms with Gasteiger partial charge in [-0.15, -0.1) is 11.3 Å². The van der Waals surface area contributed by atoms with Crippen LogP contribution in [0.15, 0.2) is 22.6 Å². The van der Waals surface area contributed by atoms with Gasteiger partial charge >= 0.3 is 0 Å². The monoisotopic (exact) mass is 314 g/mol. The molecule has 0 bridgehead atoms. The third kappa shape index (κ3) is 2.52. The average molecular weight is 314 g/mol. The summed E-state index contributed by atoms with van der Waals surface area (Å²) in [6, 6.07) is 6.04. The number of nitrogens with one attached hydrogen (secondary N) is 1. The molecule has 0 fully saturated rings. The maximum atomic E-state index is 12.4. The van der Waals surface area contributed by atoms with Crippen molar-refractivity contribution in [1.29, 1.82) is 0 Å². The molecule has 5 heteroatoms. The van der Waals surface area contributed by atoms with Crippen molar-refractivity contribution >= 4 is 33.3 Å². The van der Waals surface area contributed by atoms with Crippen molar-refractivity contribution in [2.45, 2.75) is 34.1 Å². The first kappa shape index (κ1) is 14.8. The summed E-state index contributed by atoms with van der Waals surface area (Å²) in [7, 11) is 0. The van der Waals surface area contributed by atoms with Crippen molar-refractivity contribution < 1.29 is 9.21 Å². The van der Waals surface area contributed by atoms with Crippen molar-refractivity contribution in [2.24, 2.45) is 0 Å². The van der Waals surface area contributed by atoms with Gasteiger partial charge in [0.15, 0.2) is 10.9 Å². The van der Waals surface area contributed by atoms with E-state index >= 15 is 0 Å². The van der Waals surface area contributed by atoms with Crippen LogP contribution >= 0.6 is 11.3 Å². The molecule has 0 saturated heterocycles. The summed E-state index contributed by atoms with van der Waals surface area (Å²) in [6.07, 6.45) is 0.958. The number of thiazole rings is 1. The smallest absolute Gasteiger partial charge is 0.293 e. The largest absolute Gasteiger partial charge is 0.451 e. The van der Waals surface area contributed by atoms with Crippen molar-refractivity contribution in [3.8, 4) is 0 Å². The Morgan fingerprint density at radius 2 is 2.09 bits per heavy atom. The number of anilines is 1. The molecule has 1 N–H and O–H groups in total. The summed E-state index contributed by atoms with van der Waals surface area (Å²) < 4.78 is 5.73. The molecule has 1 aromatic carbocycles. The van der Waals surface area contributed by atoms with Crippen LogP contribution in [-0.2, 0) is 6.42 Å². The highest BCUT2D eigenvalue weighted by molar-refractivity contribution is 7.15. The Hall–Kier alpha value is -2.14. The number of fused-ring (bicyclic) bond motifs is 1. The van der Waals surface area contributed by atoms with Gasteiger partial charge in [0.2, 0.25) is 0 Å². The molecule has 114 valence electrons. The van der Waals surface area contributed by atoms with Gasteiger partial charge in [0.05, 0.1) is 5.69 Å². The number of amides is 1. The second kappa shape index (κ2) is 5.57. The molecule has 1 amide bonds. The highest BCUT2D eigenvalue weighted by atomic mass is 32.1. The predicted molar refractivity (Wildman–Crippen MR) is 89.9 cm³/mol. The van der Waals surface area contributed by atoms with E-state index in [9.17, 15) is 4.79 Å². The van der Waals surface area contributed by atoms with Crippen LogP contribution < -0.4 is 5.32 Å². The molecule has 0 aliphatic heterocycles. The lowest BCUT2D eigenvalue weighted by Gasteiger charge is -1.99. The molecular formula is C17H18N2O2S. The van der Waals surface area contributed by atoms with Crippen LogP contribution in [0.25, 0.3) is 11.0 Å². The van der Waals surface area contributed by atoms with Gasteiger partial charge in [-0.3, -0.25) is 10.1 Å².